The zero-order valence-corrected chi connectivity index (χ0v) is 6.67. The fraction of sp³-hybridized carbons (Fsp3) is 0.600. The quantitative estimate of drug-likeness (QED) is 0.383. The number of nitrogens with one attached hydrogen (secondary N) is 1. The van der Waals surface area contributed by atoms with Gasteiger partial charge in [0.15, 0.2) is 0 Å². The van der Waals surface area contributed by atoms with E-state index in [1.165, 1.54) is 0 Å². The first-order valence-corrected chi connectivity index (χ1v) is 3.56. The molecule has 0 saturated heterocycles. The molecule has 0 aromatic rings. The Morgan fingerprint density at radius 2 is 2.18 bits per heavy atom. The number of hydrogen-bond donors (Lipinski definition) is 4. The standard InChI is InChI=1S/C5H10N2O3S/c6-4(8)1-7-3(2-11)5(9)10/h3,7,11H,1-2H2,(H2,6,8)(H,9,10). The second-order valence-corrected chi connectivity index (χ2v) is 2.29. The second-order valence-electron chi connectivity index (χ2n) is 1.92. The minimum Gasteiger partial charge on any atom is -0.480 e. The van der Waals surface area contributed by atoms with Crippen molar-refractivity contribution in [3.8, 4) is 0 Å². The zero-order chi connectivity index (χ0) is 8.85. The fourth-order valence-electron chi connectivity index (χ4n) is 0.454. The molecule has 0 aromatic carbocycles. The molecule has 0 aliphatic carbocycles. The van der Waals surface area contributed by atoms with Gasteiger partial charge in [-0.2, -0.15) is 12.6 Å². The molecule has 5 nitrogen and oxygen atoms in total. The van der Waals surface area contributed by atoms with Crippen molar-refractivity contribution in [3.63, 3.8) is 0 Å². The third-order valence-electron chi connectivity index (χ3n) is 1.00. The van der Waals surface area contributed by atoms with Gasteiger partial charge < -0.3 is 10.8 Å². The van der Waals surface area contributed by atoms with Crippen LogP contribution in [0.3, 0.4) is 0 Å². The van der Waals surface area contributed by atoms with E-state index in [2.05, 4.69) is 17.9 Å². The number of rotatable bonds is 5. The molecule has 64 valence electrons. The van der Waals surface area contributed by atoms with Crippen molar-refractivity contribution in [2.24, 2.45) is 5.73 Å². The number of carbonyl (C=O) groups is 2. The summed E-state index contributed by atoms with van der Waals surface area (Å²) in [5, 5.41) is 10.8. The first kappa shape index (κ1) is 10.2. The second kappa shape index (κ2) is 4.97. The molecule has 0 fully saturated rings. The number of amides is 1. The average molecular weight is 178 g/mol. The number of nitrogens with two attached hydrogens (primary N) is 1. The van der Waals surface area contributed by atoms with E-state index >= 15 is 0 Å². The van der Waals surface area contributed by atoms with Crippen molar-refractivity contribution in [2.75, 3.05) is 12.3 Å². The Labute approximate surface area is 69.4 Å². The first-order chi connectivity index (χ1) is 5.07. The van der Waals surface area contributed by atoms with Gasteiger partial charge in [-0.25, -0.2) is 0 Å². The Morgan fingerprint density at radius 3 is 2.45 bits per heavy atom. The number of thiol groups is 1. The van der Waals surface area contributed by atoms with Crippen molar-refractivity contribution >= 4 is 24.5 Å². The van der Waals surface area contributed by atoms with Gasteiger partial charge >= 0.3 is 5.97 Å². The van der Waals surface area contributed by atoms with Crippen LogP contribution in [-0.2, 0) is 9.59 Å². The van der Waals surface area contributed by atoms with Gasteiger partial charge in [0.25, 0.3) is 0 Å². The maximum absolute atomic E-state index is 10.3. The van der Waals surface area contributed by atoms with Crippen LogP contribution >= 0.6 is 12.6 Å². The summed E-state index contributed by atoms with van der Waals surface area (Å²) in [7, 11) is 0. The number of carboxylic acids is 1. The lowest BCUT2D eigenvalue weighted by atomic mass is 10.3. The van der Waals surface area contributed by atoms with Gasteiger partial charge in [-0.1, -0.05) is 0 Å². The highest BCUT2D eigenvalue weighted by molar-refractivity contribution is 7.80. The van der Waals surface area contributed by atoms with Crippen LogP contribution in [0.4, 0.5) is 0 Å². The summed E-state index contributed by atoms with van der Waals surface area (Å²) < 4.78 is 0. The topological polar surface area (TPSA) is 92.4 Å². The summed E-state index contributed by atoms with van der Waals surface area (Å²) in [4.78, 5) is 20.5. The molecule has 0 bridgehead atoms. The summed E-state index contributed by atoms with van der Waals surface area (Å²) in [6, 6.07) is -0.814. The Balaban J connectivity index is 3.70. The third kappa shape index (κ3) is 4.63. The molecule has 0 rings (SSSR count). The van der Waals surface area contributed by atoms with E-state index in [0.717, 1.165) is 0 Å². The number of carboxylic acid groups (broad SMARTS) is 1. The van der Waals surface area contributed by atoms with E-state index in [9.17, 15) is 9.59 Å². The van der Waals surface area contributed by atoms with Gasteiger partial charge in [0.2, 0.25) is 5.91 Å². The Hall–Kier alpha value is -0.750. The zero-order valence-electron chi connectivity index (χ0n) is 5.78. The Kier molecular flexibility index (Phi) is 4.64. The van der Waals surface area contributed by atoms with Gasteiger partial charge in [0, 0.05) is 5.75 Å². The molecule has 1 unspecified atom stereocenters. The van der Waals surface area contributed by atoms with Gasteiger partial charge in [0.1, 0.15) is 6.04 Å². The fourth-order valence-corrected chi connectivity index (χ4v) is 0.739. The minimum absolute atomic E-state index is 0.128. The van der Waals surface area contributed by atoms with Crippen LogP contribution in [0, 0.1) is 0 Å². The van der Waals surface area contributed by atoms with Crippen molar-refractivity contribution < 1.29 is 14.7 Å². The lowest BCUT2D eigenvalue weighted by Crippen LogP contribution is -2.42. The average Bonchev–Trinajstić information content (AvgIpc) is 1.87. The van der Waals surface area contributed by atoms with Gasteiger partial charge in [-0.15, -0.1) is 0 Å². The highest BCUT2D eigenvalue weighted by atomic mass is 32.1. The van der Waals surface area contributed by atoms with E-state index in [0.29, 0.717) is 0 Å². The summed E-state index contributed by atoms with van der Waals surface area (Å²) in [6.45, 7) is -0.141. The predicted molar refractivity (Wildman–Crippen MR) is 42.5 cm³/mol. The maximum atomic E-state index is 10.3. The van der Waals surface area contributed by atoms with Crippen LogP contribution < -0.4 is 11.1 Å². The van der Waals surface area contributed by atoms with Crippen LogP contribution in [0.15, 0.2) is 0 Å². The van der Waals surface area contributed by atoms with E-state index in [1.54, 1.807) is 0 Å². The molecule has 0 aliphatic rings. The lowest BCUT2D eigenvalue weighted by Gasteiger charge is -2.08. The molecule has 0 heterocycles. The van der Waals surface area contributed by atoms with E-state index in [4.69, 9.17) is 10.8 Å². The number of hydrogen-bond acceptors (Lipinski definition) is 4. The molecule has 1 atom stereocenters. The molecule has 6 heteroatoms. The molecule has 0 saturated carbocycles. The van der Waals surface area contributed by atoms with Crippen molar-refractivity contribution in [1.29, 1.82) is 0 Å². The van der Waals surface area contributed by atoms with Gasteiger partial charge in [0.05, 0.1) is 6.54 Å². The maximum Gasteiger partial charge on any atom is 0.321 e. The molecule has 0 aromatic heterocycles. The van der Waals surface area contributed by atoms with Crippen LogP contribution in [0.2, 0.25) is 0 Å². The molecule has 4 N–H and O–H groups in total. The Morgan fingerprint density at radius 1 is 1.64 bits per heavy atom. The molecule has 1 amide bonds. The van der Waals surface area contributed by atoms with E-state index < -0.39 is 17.9 Å². The molecule has 0 aliphatic heterocycles. The van der Waals surface area contributed by atoms with Gasteiger partial charge in [-0.05, 0) is 0 Å². The summed E-state index contributed by atoms with van der Waals surface area (Å²) in [6.07, 6.45) is 0. The lowest BCUT2D eigenvalue weighted by molar-refractivity contribution is -0.138. The summed E-state index contributed by atoms with van der Waals surface area (Å²) >= 11 is 3.76. The van der Waals surface area contributed by atoms with E-state index in [1.807, 2.05) is 0 Å². The highest BCUT2D eigenvalue weighted by Crippen LogP contribution is 1.86. The first-order valence-electron chi connectivity index (χ1n) is 2.93. The number of carbonyl (C=O) groups excluding carboxylic acids is 1. The molecule has 11 heavy (non-hydrogen) atoms. The molecular weight excluding hydrogens is 168 g/mol. The molecular formula is C5H10N2O3S. The number of primary amides is 1. The Bertz CT molecular complexity index is 162. The number of aliphatic carboxylic acids is 1. The van der Waals surface area contributed by atoms with Crippen LogP contribution in [0.1, 0.15) is 0 Å². The normalized spacial score (nSPS) is 12.5. The monoisotopic (exact) mass is 178 g/mol. The van der Waals surface area contributed by atoms with E-state index in [-0.39, 0.29) is 12.3 Å². The van der Waals surface area contributed by atoms with Crippen LogP contribution in [0.5, 0.6) is 0 Å². The third-order valence-corrected chi connectivity index (χ3v) is 1.37. The largest absolute Gasteiger partial charge is 0.480 e. The SMILES string of the molecule is NC(=O)CNC(CS)C(=O)O. The van der Waals surface area contributed by atoms with Crippen molar-refractivity contribution in [2.45, 2.75) is 6.04 Å². The minimum atomic E-state index is -1.04. The highest BCUT2D eigenvalue weighted by Gasteiger charge is 2.14. The van der Waals surface area contributed by atoms with Crippen LogP contribution in [-0.4, -0.2) is 35.3 Å². The molecule has 0 spiro atoms. The summed E-state index contributed by atoms with van der Waals surface area (Å²) in [5.74, 6) is -1.50. The summed E-state index contributed by atoms with van der Waals surface area (Å²) in [5.41, 5.74) is 4.78. The van der Waals surface area contributed by atoms with Gasteiger partial charge in [-0.3, -0.25) is 14.9 Å². The molecule has 0 radical (unpaired) electrons. The van der Waals surface area contributed by atoms with Crippen molar-refractivity contribution in [3.05, 3.63) is 0 Å². The van der Waals surface area contributed by atoms with Crippen LogP contribution in [0.25, 0.3) is 0 Å². The van der Waals surface area contributed by atoms with Crippen molar-refractivity contribution in [1.82, 2.24) is 5.32 Å². The smallest absolute Gasteiger partial charge is 0.321 e. The predicted octanol–water partition coefficient (Wildman–Crippen LogP) is -1.56.